The summed E-state index contributed by atoms with van der Waals surface area (Å²) in [4.78, 5) is 16.8. The van der Waals surface area contributed by atoms with Gasteiger partial charge in [0.25, 0.3) is 0 Å². The number of ether oxygens (including phenoxy) is 2. The van der Waals surface area contributed by atoms with E-state index in [9.17, 15) is 4.79 Å². The van der Waals surface area contributed by atoms with Gasteiger partial charge in [-0.2, -0.15) is 0 Å². The quantitative estimate of drug-likeness (QED) is 0.172. The van der Waals surface area contributed by atoms with E-state index in [0.29, 0.717) is 13.3 Å². The van der Waals surface area contributed by atoms with E-state index in [-0.39, 0.29) is 5.97 Å². The van der Waals surface area contributed by atoms with Gasteiger partial charge in [0.05, 0.1) is 18.5 Å². The smallest absolute Gasteiger partial charge is 0.331 e. The Morgan fingerprint density at radius 2 is 1.89 bits per heavy atom. The van der Waals surface area contributed by atoms with Crippen LogP contribution >= 0.6 is 0 Å². The van der Waals surface area contributed by atoms with Crippen LogP contribution in [-0.4, -0.2) is 36.8 Å². The summed E-state index contributed by atoms with van der Waals surface area (Å²) in [5.74, 6) is 0.757. The second-order valence-electron chi connectivity index (χ2n) is 8.46. The van der Waals surface area contributed by atoms with E-state index in [0.717, 1.165) is 68.3 Å². The van der Waals surface area contributed by atoms with Crippen molar-refractivity contribution in [2.24, 2.45) is 0 Å². The van der Waals surface area contributed by atoms with E-state index in [1.165, 1.54) is 0 Å². The molecule has 0 aliphatic carbocycles. The van der Waals surface area contributed by atoms with E-state index in [2.05, 4.69) is 43.0 Å². The Kier molecular flexibility index (Phi) is 11.4. The van der Waals surface area contributed by atoms with Gasteiger partial charge in [-0.1, -0.05) is 46.3 Å². The summed E-state index contributed by atoms with van der Waals surface area (Å²) in [6.45, 7) is 14.9. The summed E-state index contributed by atoms with van der Waals surface area (Å²) < 4.78 is 13.3. The average Bonchev–Trinajstić information content (AvgIpc) is 3.02. The molecule has 0 saturated carbocycles. The maximum Gasteiger partial charge on any atom is 0.331 e. The molecule has 0 fully saturated rings. The number of nitrogens with zero attached hydrogens (tertiary/aromatic N) is 2. The fourth-order valence-corrected chi connectivity index (χ4v) is 3.61. The van der Waals surface area contributed by atoms with Gasteiger partial charge in [-0.25, -0.2) is 9.78 Å². The van der Waals surface area contributed by atoms with Crippen molar-refractivity contribution >= 4 is 19.6 Å². The minimum absolute atomic E-state index is 0.281. The highest BCUT2D eigenvalue weighted by molar-refractivity contribution is 6.76. The summed E-state index contributed by atoms with van der Waals surface area (Å²) in [5, 5.41) is 0. The monoisotopic (exact) mass is 408 g/mol. The molecule has 0 atom stereocenters. The lowest BCUT2D eigenvalue weighted by Crippen LogP contribution is -2.22. The highest BCUT2D eigenvalue weighted by Gasteiger charge is 2.16. The number of esters is 1. The minimum Gasteiger partial charge on any atom is -0.463 e. The van der Waals surface area contributed by atoms with Crippen LogP contribution < -0.4 is 0 Å². The lowest BCUT2D eigenvalue weighted by Gasteiger charge is -2.18. The van der Waals surface area contributed by atoms with Crippen molar-refractivity contribution < 1.29 is 14.3 Å². The van der Waals surface area contributed by atoms with Crippen molar-refractivity contribution in [3.63, 3.8) is 0 Å². The Morgan fingerprint density at radius 3 is 2.50 bits per heavy atom. The van der Waals surface area contributed by atoms with Crippen molar-refractivity contribution in [1.29, 1.82) is 0 Å². The standard InChI is InChI=1S/C22H40N2O3Si/c1-7-10-12-19(16-22(25)27-9-3)20-17-23-21(13-11-8-2)24(20)18-26-14-15-28(4,5)6/h16-17H,7-15,18H2,1-6H3/b19-16+. The van der Waals surface area contributed by atoms with Crippen LogP contribution in [0.4, 0.5) is 0 Å². The number of aromatic nitrogens is 2. The third-order valence-electron chi connectivity index (χ3n) is 4.62. The van der Waals surface area contributed by atoms with Gasteiger partial charge in [0.15, 0.2) is 0 Å². The van der Waals surface area contributed by atoms with Crippen LogP contribution in [0, 0.1) is 0 Å². The number of aryl methyl sites for hydroxylation is 1. The van der Waals surface area contributed by atoms with Crippen LogP contribution in [0.5, 0.6) is 0 Å². The average molecular weight is 409 g/mol. The van der Waals surface area contributed by atoms with Gasteiger partial charge in [-0.15, -0.1) is 0 Å². The molecular formula is C22H40N2O3Si. The van der Waals surface area contributed by atoms with E-state index >= 15 is 0 Å². The lowest BCUT2D eigenvalue weighted by atomic mass is 10.1. The summed E-state index contributed by atoms with van der Waals surface area (Å²) in [6.07, 6.45) is 9.61. The summed E-state index contributed by atoms with van der Waals surface area (Å²) in [6, 6.07) is 1.14. The number of allylic oxidation sites excluding steroid dienone is 1. The number of imidazole rings is 1. The SMILES string of the molecule is CCCC/C(=C\C(=O)OCC)c1cnc(CCCC)n1COCC[Si](C)(C)C. The number of unbranched alkanes of at least 4 members (excludes halogenated alkanes) is 2. The van der Waals surface area contributed by atoms with Crippen LogP contribution in [0.25, 0.3) is 5.57 Å². The first-order valence-corrected chi connectivity index (χ1v) is 14.5. The zero-order valence-electron chi connectivity index (χ0n) is 18.8. The fraction of sp³-hybridized carbons (Fsp3) is 0.727. The number of carbonyl (C=O) groups is 1. The Balaban J connectivity index is 3.07. The van der Waals surface area contributed by atoms with Gasteiger partial charge in [0.2, 0.25) is 0 Å². The molecule has 0 unspecified atom stereocenters. The molecule has 28 heavy (non-hydrogen) atoms. The number of rotatable bonds is 14. The van der Waals surface area contributed by atoms with Gasteiger partial charge < -0.3 is 14.0 Å². The normalized spacial score (nSPS) is 12.4. The predicted octanol–water partition coefficient (Wildman–Crippen LogP) is 5.67. The van der Waals surface area contributed by atoms with Gasteiger partial charge in [-0.05, 0) is 37.8 Å². The van der Waals surface area contributed by atoms with E-state index in [1.54, 1.807) is 6.08 Å². The molecule has 5 nitrogen and oxygen atoms in total. The van der Waals surface area contributed by atoms with Gasteiger partial charge in [0.1, 0.15) is 12.6 Å². The molecule has 0 spiro atoms. The van der Waals surface area contributed by atoms with Crippen LogP contribution in [0.3, 0.4) is 0 Å². The number of hydrogen-bond donors (Lipinski definition) is 0. The zero-order valence-corrected chi connectivity index (χ0v) is 19.8. The number of hydrogen-bond acceptors (Lipinski definition) is 4. The molecular weight excluding hydrogens is 368 g/mol. The Morgan fingerprint density at radius 1 is 1.18 bits per heavy atom. The summed E-state index contributed by atoms with van der Waals surface area (Å²) >= 11 is 0. The topological polar surface area (TPSA) is 53.3 Å². The first kappa shape index (κ1) is 24.6. The van der Waals surface area contributed by atoms with Crippen LogP contribution in [0.2, 0.25) is 25.7 Å². The van der Waals surface area contributed by atoms with Gasteiger partial charge in [-0.3, -0.25) is 0 Å². The Hall–Kier alpha value is -1.40. The molecule has 1 aromatic heterocycles. The van der Waals surface area contributed by atoms with Crippen molar-refractivity contribution in [3.8, 4) is 0 Å². The molecule has 0 saturated heterocycles. The van der Waals surface area contributed by atoms with Crippen molar-refractivity contribution in [3.05, 3.63) is 23.8 Å². The summed E-state index contributed by atoms with van der Waals surface area (Å²) in [5.41, 5.74) is 1.98. The molecule has 0 aromatic carbocycles. The molecule has 1 aromatic rings. The number of carbonyl (C=O) groups excluding carboxylic acids is 1. The molecule has 0 bridgehead atoms. The second-order valence-corrected chi connectivity index (χ2v) is 14.1. The Labute approximate surface area is 172 Å². The molecule has 0 amide bonds. The molecule has 0 radical (unpaired) electrons. The van der Waals surface area contributed by atoms with E-state index in [1.807, 2.05) is 13.1 Å². The maximum absolute atomic E-state index is 12.1. The molecule has 1 heterocycles. The minimum atomic E-state index is -1.12. The van der Waals surface area contributed by atoms with E-state index < -0.39 is 8.07 Å². The predicted molar refractivity (Wildman–Crippen MR) is 119 cm³/mol. The van der Waals surface area contributed by atoms with Crippen LogP contribution in [-0.2, 0) is 27.4 Å². The lowest BCUT2D eigenvalue weighted by molar-refractivity contribution is -0.137. The fourth-order valence-electron chi connectivity index (χ4n) is 2.85. The van der Waals surface area contributed by atoms with Gasteiger partial charge >= 0.3 is 5.97 Å². The first-order chi connectivity index (χ1) is 13.3. The molecule has 1 rings (SSSR count). The van der Waals surface area contributed by atoms with Crippen molar-refractivity contribution in [2.75, 3.05) is 13.2 Å². The second kappa shape index (κ2) is 12.9. The molecule has 0 aliphatic heterocycles. The maximum atomic E-state index is 12.1. The van der Waals surface area contributed by atoms with Crippen molar-refractivity contribution in [2.45, 2.75) is 91.7 Å². The highest BCUT2D eigenvalue weighted by Crippen LogP contribution is 2.24. The third kappa shape index (κ3) is 9.19. The molecule has 0 N–H and O–H groups in total. The third-order valence-corrected chi connectivity index (χ3v) is 6.32. The zero-order chi connectivity index (χ0) is 21.0. The van der Waals surface area contributed by atoms with Crippen molar-refractivity contribution in [1.82, 2.24) is 9.55 Å². The molecule has 0 aliphatic rings. The van der Waals surface area contributed by atoms with E-state index in [4.69, 9.17) is 9.47 Å². The molecule has 6 heteroatoms. The molecule has 160 valence electrons. The summed E-state index contributed by atoms with van der Waals surface area (Å²) in [7, 11) is -1.12. The van der Waals surface area contributed by atoms with Crippen LogP contribution in [0.15, 0.2) is 12.3 Å². The highest BCUT2D eigenvalue weighted by atomic mass is 28.3. The van der Waals surface area contributed by atoms with Gasteiger partial charge in [0, 0.05) is 27.2 Å². The largest absolute Gasteiger partial charge is 0.463 e. The Bertz CT molecular complexity index is 618. The van der Waals surface area contributed by atoms with Crippen LogP contribution in [0.1, 0.15) is 64.4 Å². The first-order valence-electron chi connectivity index (χ1n) is 10.8.